The summed E-state index contributed by atoms with van der Waals surface area (Å²) in [5.41, 5.74) is 2.00. The molecule has 6 nitrogen and oxygen atoms in total. The van der Waals surface area contributed by atoms with Crippen molar-refractivity contribution in [1.29, 1.82) is 0 Å². The number of aliphatic hydroxyl groups excluding tert-OH is 1. The number of aromatic nitrogens is 4. The van der Waals surface area contributed by atoms with Crippen molar-refractivity contribution in [2.24, 2.45) is 7.05 Å². The highest BCUT2D eigenvalue weighted by atomic mass is 32.2. The molecule has 0 spiro atoms. The molecule has 0 unspecified atom stereocenters. The van der Waals surface area contributed by atoms with Gasteiger partial charge in [-0.05, 0) is 25.6 Å². The van der Waals surface area contributed by atoms with E-state index in [1.807, 2.05) is 6.92 Å². The van der Waals surface area contributed by atoms with Crippen LogP contribution in [0.1, 0.15) is 17.0 Å². The largest absolute Gasteiger partial charge is 0.392 e. The predicted molar refractivity (Wildman–Crippen MR) is 67.6 cm³/mol. The van der Waals surface area contributed by atoms with Crippen molar-refractivity contribution in [3.05, 3.63) is 33.4 Å². The first-order chi connectivity index (χ1) is 8.51. The number of aromatic amines is 1. The molecule has 0 aliphatic rings. The maximum absolute atomic E-state index is 11.4. The number of H-pyrrole nitrogens is 1. The summed E-state index contributed by atoms with van der Waals surface area (Å²) in [6.45, 7) is 3.51. The van der Waals surface area contributed by atoms with Crippen LogP contribution in [0.5, 0.6) is 0 Å². The second-order valence-corrected chi connectivity index (χ2v) is 4.92. The molecular formula is C11H14N4O2S. The summed E-state index contributed by atoms with van der Waals surface area (Å²) in [6.07, 6.45) is 0. The zero-order chi connectivity index (χ0) is 13.3. The van der Waals surface area contributed by atoms with Gasteiger partial charge in [0.05, 0.1) is 12.3 Å². The SMILES string of the molecule is Cc1cc(=O)[nH]c(Sc2c(CO)c(C)nn2C)n1. The van der Waals surface area contributed by atoms with E-state index in [0.717, 1.165) is 16.3 Å². The zero-order valence-electron chi connectivity index (χ0n) is 10.4. The van der Waals surface area contributed by atoms with Crippen molar-refractivity contribution >= 4 is 11.8 Å². The lowest BCUT2D eigenvalue weighted by Crippen LogP contribution is -2.08. The van der Waals surface area contributed by atoms with Crippen molar-refractivity contribution in [2.45, 2.75) is 30.6 Å². The number of aryl methyl sites for hydroxylation is 3. The Labute approximate surface area is 108 Å². The van der Waals surface area contributed by atoms with Crippen LogP contribution in [0.4, 0.5) is 0 Å². The van der Waals surface area contributed by atoms with E-state index in [9.17, 15) is 9.90 Å². The molecule has 2 heterocycles. The van der Waals surface area contributed by atoms with E-state index in [0.29, 0.717) is 10.9 Å². The Bertz CT molecular complexity index is 632. The van der Waals surface area contributed by atoms with Crippen LogP contribution in [0.25, 0.3) is 0 Å². The summed E-state index contributed by atoms with van der Waals surface area (Å²) in [6, 6.07) is 1.44. The van der Waals surface area contributed by atoms with Crippen molar-refractivity contribution in [3.8, 4) is 0 Å². The molecule has 0 bridgehead atoms. The minimum atomic E-state index is -0.186. The maximum atomic E-state index is 11.4. The molecule has 2 aromatic rings. The molecule has 0 amide bonds. The fourth-order valence-corrected chi connectivity index (χ4v) is 2.71. The molecule has 2 N–H and O–H groups in total. The Morgan fingerprint density at radius 2 is 2.22 bits per heavy atom. The third-order valence-electron chi connectivity index (χ3n) is 2.49. The lowest BCUT2D eigenvalue weighted by Gasteiger charge is -2.04. The Balaban J connectivity index is 2.42. The van der Waals surface area contributed by atoms with Crippen LogP contribution in [0.15, 0.2) is 21.0 Å². The zero-order valence-corrected chi connectivity index (χ0v) is 11.2. The maximum Gasteiger partial charge on any atom is 0.251 e. The molecule has 0 saturated heterocycles. The van der Waals surface area contributed by atoms with Crippen LogP contribution in [0.2, 0.25) is 0 Å². The van der Waals surface area contributed by atoms with Gasteiger partial charge in [-0.3, -0.25) is 9.48 Å². The monoisotopic (exact) mass is 266 g/mol. The van der Waals surface area contributed by atoms with Gasteiger partial charge in [-0.15, -0.1) is 0 Å². The molecule has 2 aromatic heterocycles. The number of hydrogen-bond acceptors (Lipinski definition) is 5. The first kappa shape index (κ1) is 12.8. The van der Waals surface area contributed by atoms with Gasteiger partial charge in [0.25, 0.3) is 5.56 Å². The van der Waals surface area contributed by atoms with E-state index in [1.54, 1.807) is 18.7 Å². The standard InChI is InChI=1S/C11H14N4O2S/c1-6-4-9(17)13-11(12-6)18-10-8(5-16)7(2)14-15(10)3/h4,16H,5H2,1-3H3,(H,12,13,17). The fourth-order valence-electron chi connectivity index (χ4n) is 1.68. The number of nitrogens with one attached hydrogen (secondary N) is 1. The Hall–Kier alpha value is -1.60. The average molecular weight is 266 g/mol. The molecule has 96 valence electrons. The van der Waals surface area contributed by atoms with Gasteiger partial charge >= 0.3 is 0 Å². The van der Waals surface area contributed by atoms with Gasteiger partial charge in [0.15, 0.2) is 5.16 Å². The summed E-state index contributed by atoms with van der Waals surface area (Å²) in [5.74, 6) is 0. The van der Waals surface area contributed by atoms with Crippen molar-refractivity contribution in [3.63, 3.8) is 0 Å². The van der Waals surface area contributed by atoms with Gasteiger partial charge in [-0.2, -0.15) is 5.10 Å². The van der Waals surface area contributed by atoms with E-state index in [4.69, 9.17) is 0 Å². The van der Waals surface area contributed by atoms with Crippen molar-refractivity contribution in [2.75, 3.05) is 0 Å². The smallest absolute Gasteiger partial charge is 0.251 e. The highest BCUT2D eigenvalue weighted by molar-refractivity contribution is 7.99. The number of aliphatic hydroxyl groups is 1. The Morgan fingerprint density at radius 3 is 2.83 bits per heavy atom. The van der Waals surface area contributed by atoms with Crippen LogP contribution in [0.3, 0.4) is 0 Å². The van der Waals surface area contributed by atoms with Gasteiger partial charge in [-0.25, -0.2) is 4.98 Å². The average Bonchev–Trinajstić information content (AvgIpc) is 2.52. The first-order valence-corrected chi connectivity index (χ1v) is 6.22. The molecule has 0 fully saturated rings. The summed E-state index contributed by atoms with van der Waals surface area (Å²) in [5, 5.41) is 14.9. The lowest BCUT2D eigenvalue weighted by atomic mass is 10.3. The van der Waals surface area contributed by atoms with E-state index in [2.05, 4.69) is 15.1 Å². The second kappa shape index (κ2) is 4.95. The topological polar surface area (TPSA) is 83.8 Å². The summed E-state index contributed by atoms with van der Waals surface area (Å²) in [7, 11) is 1.79. The van der Waals surface area contributed by atoms with E-state index in [1.165, 1.54) is 17.8 Å². The molecule has 7 heteroatoms. The molecule has 0 aliphatic carbocycles. The van der Waals surface area contributed by atoms with E-state index in [-0.39, 0.29) is 12.2 Å². The fraction of sp³-hybridized carbons (Fsp3) is 0.364. The quantitative estimate of drug-likeness (QED) is 0.801. The van der Waals surface area contributed by atoms with Gasteiger partial charge in [-0.1, -0.05) is 0 Å². The Kier molecular flexibility index (Phi) is 3.53. The summed E-state index contributed by atoms with van der Waals surface area (Å²) < 4.78 is 1.67. The third-order valence-corrected chi connectivity index (χ3v) is 3.58. The second-order valence-electron chi connectivity index (χ2n) is 3.94. The first-order valence-electron chi connectivity index (χ1n) is 5.40. The highest BCUT2D eigenvalue weighted by Crippen LogP contribution is 2.28. The summed E-state index contributed by atoms with van der Waals surface area (Å²) in [4.78, 5) is 18.3. The third kappa shape index (κ3) is 2.46. The van der Waals surface area contributed by atoms with E-state index < -0.39 is 0 Å². The van der Waals surface area contributed by atoms with Crippen molar-refractivity contribution < 1.29 is 5.11 Å². The predicted octanol–water partition coefficient (Wildman–Crippen LogP) is 0.764. The highest BCUT2D eigenvalue weighted by Gasteiger charge is 2.14. The molecule has 0 saturated carbocycles. The van der Waals surface area contributed by atoms with E-state index >= 15 is 0 Å². The molecule has 0 atom stereocenters. The van der Waals surface area contributed by atoms with Crippen LogP contribution in [-0.4, -0.2) is 24.9 Å². The molecular weight excluding hydrogens is 252 g/mol. The molecule has 18 heavy (non-hydrogen) atoms. The van der Waals surface area contributed by atoms with Crippen LogP contribution in [0, 0.1) is 13.8 Å². The number of rotatable bonds is 3. The molecule has 0 aromatic carbocycles. The minimum Gasteiger partial charge on any atom is -0.392 e. The molecule has 0 aliphatic heterocycles. The molecule has 2 rings (SSSR count). The van der Waals surface area contributed by atoms with Gasteiger partial charge in [0.2, 0.25) is 0 Å². The number of hydrogen-bond donors (Lipinski definition) is 2. The van der Waals surface area contributed by atoms with Crippen LogP contribution < -0.4 is 5.56 Å². The lowest BCUT2D eigenvalue weighted by molar-refractivity contribution is 0.277. The number of nitrogens with zero attached hydrogens (tertiary/aromatic N) is 3. The molecule has 0 radical (unpaired) electrons. The van der Waals surface area contributed by atoms with Gasteiger partial charge in [0.1, 0.15) is 5.03 Å². The van der Waals surface area contributed by atoms with Crippen LogP contribution in [-0.2, 0) is 13.7 Å². The van der Waals surface area contributed by atoms with Gasteiger partial charge in [0, 0.05) is 24.4 Å². The van der Waals surface area contributed by atoms with Gasteiger partial charge < -0.3 is 10.1 Å². The summed E-state index contributed by atoms with van der Waals surface area (Å²) >= 11 is 1.29. The normalized spacial score (nSPS) is 10.9. The van der Waals surface area contributed by atoms with Crippen molar-refractivity contribution in [1.82, 2.24) is 19.7 Å². The minimum absolute atomic E-state index is 0.0853. The van der Waals surface area contributed by atoms with Crippen LogP contribution >= 0.6 is 11.8 Å². The Morgan fingerprint density at radius 1 is 1.50 bits per heavy atom.